The van der Waals surface area contributed by atoms with Crippen LogP contribution in [0.25, 0.3) is 0 Å². The van der Waals surface area contributed by atoms with Gasteiger partial charge in [0.1, 0.15) is 5.01 Å². The normalized spacial score (nSPS) is 14.9. The van der Waals surface area contributed by atoms with Gasteiger partial charge in [0, 0.05) is 31.1 Å². The summed E-state index contributed by atoms with van der Waals surface area (Å²) in [5.41, 5.74) is 2.53. The van der Waals surface area contributed by atoms with Crippen molar-refractivity contribution in [3.63, 3.8) is 0 Å². The van der Waals surface area contributed by atoms with Gasteiger partial charge in [-0.3, -0.25) is 4.90 Å². The van der Waals surface area contributed by atoms with Gasteiger partial charge in [0.05, 0.1) is 5.69 Å². The van der Waals surface area contributed by atoms with Gasteiger partial charge in [-0.2, -0.15) is 0 Å². The van der Waals surface area contributed by atoms with Gasteiger partial charge < -0.3 is 5.32 Å². The third-order valence-corrected chi connectivity index (χ3v) is 4.34. The van der Waals surface area contributed by atoms with Crippen molar-refractivity contribution in [2.24, 2.45) is 0 Å². The SMILES string of the molecule is CN(Cc1ccccc1)Cc1csc(CNC2CC2)n1. The van der Waals surface area contributed by atoms with E-state index < -0.39 is 0 Å². The fourth-order valence-electron chi connectivity index (χ4n) is 2.25. The van der Waals surface area contributed by atoms with E-state index >= 15 is 0 Å². The summed E-state index contributed by atoms with van der Waals surface area (Å²) in [5, 5.41) is 6.91. The van der Waals surface area contributed by atoms with Crippen molar-refractivity contribution in [1.82, 2.24) is 15.2 Å². The minimum atomic E-state index is 0.753. The van der Waals surface area contributed by atoms with Crippen molar-refractivity contribution in [3.05, 3.63) is 52.0 Å². The predicted octanol–water partition coefficient (Wildman–Crippen LogP) is 3.03. The van der Waals surface area contributed by atoms with Crippen LogP contribution in [0.3, 0.4) is 0 Å². The van der Waals surface area contributed by atoms with Crippen molar-refractivity contribution in [2.45, 2.75) is 38.5 Å². The summed E-state index contributed by atoms with van der Waals surface area (Å²) >= 11 is 1.77. The number of rotatable bonds is 7. The Labute approximate surface area is 124 Å². The molecule has 20 heavy (non-hydrogen) atoms. The zero-order valence-electron chi connectivity index (χ0n) is 11.9. The van der Waals surface area contributed by atoms with E-state index in [1.807, 2.05) is 0 Å². The molecule has 0 amide bonds. The lowest BCUT2D eigenvalue weighted by Gasteiger charge is -2.15. The van der Waals surface area contributed by atoms with Gasteiger partial charge in [-0.05, 0) is 25.5 Å². The Hall–Kier alpha value is -1.23. The molecule has 3 rings (SSSR count). The van der Waals surface area contributed by atoms with E-state index in [1.165, 1.54) is 29.1 Å². The second-order valence-electron chi connectivity index (χ2n) is 5.55. The van der Waals surface area contributed by atoms with Gasteiger partial charge in [0.2, 0.25) is 0 Å². The summed E-state index contributed by atoms with van der Waals surface area (Å²) in [6.45, 7) is 2.81. The second-order valence-corrected chi connectivity index (χ2v) is 6.49. The van der Waals surface area contributed by atoms with Crippen LogP contribution >= 0.6 is 11.3 Å². The smallest absolute Gasteiger partial charge is 0.107 e. The van der Waals surface area contributed by atoms with E-state index in [0.717, 1.165) is 25.7 Å². The maximum Gasteiger partial charge on any atom is 0.107 e. The Morgan fingerprint density at radius 3 is 2.80 bits per heavy atom. The van der Waals surface area contributed by atoms with E-state index in [1.54, 1.807) is 11.3 Å². The first kappa shape index (κ1) is 13.7. The molecule has 1 aliphatic rings. The second kappa shape index (κ2) is 6.48. The standard InChI is InChI=1S/C16H21N3S/c1-19(10-13-5-3-2-4-6-13)11-15-12-20-16(18-15)9-17-14-7-8-14/h2-6,12,14,17H,7-11H2,1H3. The summed E-state index contributed by atoms with van der Waals surface area (Å²) in [5.74, 6) is 0. The highest BCUT2D eigenvalue weighted by atomic mass is 32.1. The Morgan fingerprint density at radius 1 is 1.25 bits per heavy atom. The van der Waals surface area contributed by atoms with Crippen molar-refractivity contribution < 1.29 is 0 Å². The quantitative estimate of drug-likeness (QED) is 0.848. The molecule has 1 N–H and O–H groups in total. The minimum Gasteiger partial charge on any atom is -0.308 e. The molecule has 0 spiro atoms. The number of aromatic nitrogens is 1. The van der Waals surface area contributed by atoms with Crippen LogP contribution in [0.1, 0.15) is 29.1 Å². The Morgan fingerprint density at radius 2 is 2.05 bits per heavy atom. The summed E-state index contributed by atoms with van der Waals surface area (Å²) < 4.78 is 0. The summed E-state index contributed by atoms with van der Waals surface area (Å²) in [6.07, 6.45) is 2.66. The van der Waals surface area contributed by atoms with Gasteiger partial charge in [0.25, 0.3) is 0 Å². The Bertz CT molecular complexity index is 534. The van der Waals surface area contributed by atoms with Gasteiger partial charge in [0.15, 0.2) is 0 Å². The Balaban J connectivity index is 1.49. The molecule has 1 aromatic carbocycles. The van der Waals surface area contributed by atoms with Crippen LogP contribution in [0, 0.1) is 0 Å². The lowest BCUT2D eigenvalue weighted by Crippen LogP contribution is -2.18. The van der Waals surface area contributed by atoms with Crippen LogP contribution in [-0.2, 0) is 19.6 Å². The molecular weight excluding hydrogens is 266 g/mol. The highest BCUT2D eigenvalue weighted by molar-refractivity contribution is 7.09. The first-order chi connectivity index (χ1) is 9.79. The number of nitrogens with one attached hydrogen (secondary N) is 1. The predicted molar refractivity (Wildman–Crippen MR) is 83.6 cm³/mol. The van der Waals surface area contributed by atoms with Crippen molar-refractivity contribution in [2.75, 3.05) is 7.05 Å². The van der Waals surface area contributed by atoms with Gasteiger partial charge in [-0.15, -0.1) is 11.3 Å². The van der Waals surface area contributed by atoms with Gasteiger partial charge >= 0.3 is 0 Å². The number of hydrogen-bond acceptors (Lipinski definition) is 4. The molecule has 1 saturated carbocycles. The highest BCUT2D eigenvalue weighted by Crippen LogP contribution is 2.20. The van der Waals surface area contributed by atoms with Gasteiger partial charge in [-0.25, -0.2) is 4.98 Å². The van der Waals surface area contributed by atoms with Crippen LogP contribution in [-0.4, -0.2) is 23.0 Å². The lowest BCUT2D eigenvalue weighted by molar-refractivity contribution is 0.315. The molecule has 1 aromatic heterocycles. The third kappa shape index (κ3) is 4.13. The summed E-state index contributed by atoms with van der Waals surface area (Å²) in [7, 11) is 2.15. The van der Waals surface area contributed by atoms with E-state index in [-0.39, 0.29) is 0 Å². The number of thiazole rings is 1. The topological polar surface area (TPSA) is 28.2 Å². The monoisotopic (exact) mass is 287 g/mol. The molecule has 106 valence electrons. The molecule has 0 atom stereocenters. The average molecular weight is 287 g/mol. The number of benzene rings is 1. The molecule has 0 aliphatic heterocycles. The van der Waals surface area contributed by atoms with Crippen molar-refractivity contribution in [1.29, 1.82) is 0 Å². The van der Waals surface area contributed by atoms with Crippen LogP contribution in [0.4, 0.5) is 0 Å². The fraction of sp³-hybridized carbons (Fsp3) is 0.438. The molecule has 0 radical (unpaired) electrons. The van der Waals surface area contributed by atoms with Crippen molar-refractivity contribution >= 4 is 11.3 Å². The molecule has 2 aromatic rings. The summed E-state index contributed by atoms with van der Waals surface area (Å²) in [6, 6.07) is 11.3. The molecule has 1 aliphatic carbocycles. The first-order valence-corrected chi connectivity index (χ1v) is 8.07. The van der Waals surface area contributed by atoms with E-state index in [4.69, 9.17) is 4.98 Å². The molecule has 0 unspecified atom stereocenters. The average Bonchev–Trinajstić information content (AvgIpc) is 3.18. The molecule has 0 saturated heterocycles. The zero-order valence-corrected chi connectivity index (χ0v) is 12.7. The summed E-state index contributed by atoms with van der Waals surface area (Å²) in [4.78, 5) is 7.01. The molecular formula is C16H21N3S. The maximum absolute atomic E-state index is 4.71. The van der Waals surface area contributed by atoms with Crippen LogP contribution in [0.15, 0.2) is 35.7 Å². The van der Waals surface area contributed by atoms with E-state index in [9.17, 15) is 0 Å². The largest absolute Gasteiger partial charge is 0.308 e. The van der Waals surface area contributed by atoms with Crippen LogP contribution < -0.4 is 5.32 Å². The molecule has 3 nitrogen and oxygen atoms in total. The molecule has 4 heteroatoms. The first-order valence-electron chi connectivity index (χ1n) is 7.19. The molecule has 1 heterocycles. The molecule has 1 fully saturated rings. The third-order valence-electron chi connectivity index (χ3n) is 3.45. The van der Waals surface area contributed by atoms with E-state index in [2.05, 4.69) is 53.0 Å². The van der Waals surface area contributed by atoms with Crippen molar-refractivity contribution in [3.8, 4) is 0 Å². The fourth-order valence-corrected chi connectivity index (χ4v) is 2.99. The number of hydrogen-bond donors (Lipinski definition) is 1. The van der Waals surface area contributed by atoms with Crippen LogP contribution in [0.2, 0.25) is 0 Å². The minimum absolute atomic E-state index is 0.753. The maximum atomic E-state index is 4.71. The number of nitrogens with zero attached hydrogens (tertiary/aromatic N) is 2. The highest BCUT2D eigenvalue weighted by Gasteiger charge is 2.20. The van der Waals surface area contributed by atoms with Gasteiger partial charge in [-0.1, -0.05) is 30.3 Å². The lowest BCUT2D eigenvalue weighted by atomic mass is 10.2. The Kier molecular flexibility index (Phi) is 4.45. The zero-order chi connectivity index (χ0) is 13.8. The molecule has 0 bridgehead atoms. The van der Waals surface area contributed by atoms with Crippen LogP contribution in [0.5, 0.6) is 0 Å². The van der Waals surface area contributed by atoms with E-state index in [0.29, 0.717) is 0 Å².